The number of rotatable bonds is 4. The molecule has 0 aliphatic rings. The average Bonchev–Trinajstić information content (AvgIpc) is 2.48. The van der Waals surface area contributed by atoms with E-state index in [1.807, 2.05) is 56.3 Å². The van der Waals surface area contributed by atoms with Crippen LogP contribution in [0, 0.1) is 13.8 Å². The zero-order chi connectivity index (χ0) is 16.1. The van der Waals surface area contributed by atoms with Crippen molar-refractivity contribution in [3.63, 3.8) is 0 Å². The van der Waals surface area contributed by atoms with Gasteiger partial charge in [-0.05, 0) is 42.5 Å². The lowest BCUT2D eigenvalue weighted by molar-refractivity contribution is -0.111. The Labute approximate surface area is 132 Å². The molecule has 2 heteroatoms. The molecule has 0 heterocycles. The van der Waals surface area contributed by atoms with Crippen LogP contribution in [0.25, 0.3) is 6.08 Å². The molecule has 0 radical (unpaired) electrons. The lowest BCUT2D eigenvalue weighted by Gasteiger charge is -2.15. The summed E-state index contributed by atoms with van der Waals surface area (Å²) in [5.74, 6) is 0.271. The van der Waals surface area contributed by atoms with Gasteiger partial charge in [0.1, 0.15) is 0 Å². The summed E-state index contributed by atoms with van der Waals surface area (Å²) in [6.07, 6.45) is 3.42. The Morgan fingerprint density at radius 1 is 1.05 bits per heavy atom. The predicted octanol–water partition coefficient (Wildman–Crippen LogP) is 5.08. The highest BCUT2D eigenvalue weighted by atomic mass is 16.1. The zero-order valence-electron chi connectivity index (χ0n) is 13.7. The third-order valence-corrected chi connectivity index (χ3v) is 3.68. The number of carbonyl (C=O) groups excluding carboxylic acids is 1. The van der Waals surface area contributed by atoms with Gasteiger partial charge in [0.15, 0.2) is 0 Å². The van der Waals surface area contributed by atoms with E-state index in [0.29, 0.717) is 5.92 Å². The average molecular weight is 293 g/mol. The first-order chi connectivity index (χ1) is 10.5. The van der Waals surface area contributed by atoms with Crippen LogP contribution in [0.5, 0.6) is 0 Å². The van der Waals surface area contributed by atoms with Crippen molar-refractivity contribution in [3.8, 4) is 0 Å². The zero-order valence-corrected chi connectivity index (χ0v) is 13.7. The first kappa shape index (κ1) is 16.0. The van der Waals surface area contributed by atoms with Gasteiger partial charge in [0.2, 0.25) is 5.91 Å². The van der Waals surface area contributed by atoms with Crippen molar-refractivity contribution in [3.05, 3.63) is 70.8 Å². The summed E-state index contributed by atoms with van der Waals surface area (Å²) in [6.45, 7) is 8.33. The van der Waals surface area contributed by atoms with Crippen molar-refractivity contribution in [2.75, 3.05) is 5.32 Å². The summed E-state index contributed by atoms with van der Waals surface area (Å²) in [5, 5.41) is 3.02. The van der Waals surface area contributed by atoms with Crippen molar-refractivity contribution in [2.24, 2.45) is 0 Å². The lowest BCUT2D eigenvalue weighted by Crippen LogP contribution is -2.11. The van der Waals surface area contributed by atoms with Gasteiger partial charge in [0, 0.05) is 11.8 Å². The van der Waals surface area contributed by atoms with E-state index in [2.05, 4.69) is 25.2 Å². The minimum Gasteiger partial charge on any atom is -0.322 e. The van der Waals surface area contributed by atoms with E-state index in [9.17, 15) is 4.79 Å². The van der Waals surface area contributed by atoms with Crippen LogP contribution >= 0.6 is 0 Å². The number of hydrogen-bond acceptors (Lipinski definition) is 1. The van der Waals surface area contributed by atoms with Crippen molar-refractivity contribution < 1.29 is 4.79 Å². The fraction of sp³-hybridized carbons (Fsp3) is 0.250. The molecule has 1 amide bonds. The highest BCUT2D eigenvalue weighted by molar-refractivity contribution is 6.02. The topological polar surface area (TPSA) is 29.1 Å². The number of para-hydroxylation sites is 1. The predicted molar refractivity (Wildman–Crippen MR) is 94.1 cm³/mol. The van der Waals surface area contributed by atoms with Crippen LogP contribution in [0.3, 0.4) is 0 Å². The number of amides is 1. The molecule has 0 saturated carbocycles. The van der Waals surface area contributed by atoms with Crippen molar-refractivity contribution in [1.29, 1.82) is 0 Å². The maximum absolute atomic E-state index is 12.2. The van der Waals surface area contributed by atoms with Gasteiger partial charge in [-0.15, -0.1) is 0 Å². The van der Waals surface area contributed by atoms with Crippen LogP contribution in [0.15, 0.2) is 48.5 Å². The summed E-state index contributed by atoms with van der Waals surface area (Å²) in [4.78, 5) is 12.2. The molecular weight excluding hydrogens is 270 g/mol. The Hall–Kier alpha value is -2.35. The highest BCUT2D eigenvalue weighted by Gasteiger charge is 2.10. The summed E-state index contributed by atoms with van der Waals surface area (Å²) in [7, 11) is 0. The summed E-state index contributed by atoms with van der Waals surface area (Å²) >= 11 is 0. The van der Waals surface area contributed by atoms with E-state index in [0.717, 1.165) is 22.4 Å². The van der Waals surface area contributed by atoms with Crippen LogP contribution < -0.4 is 5.32 Å². The largest absolute Gasteiger partial charge is 0.322 e. The maximum atomic E-state index is 12.2. The van der Waals surface area contributed by atoms with E-state index in [1.165, 1.54) is 5.56 Å². The quantitative estimate of drug-likeness (QED) is 0.783. The first-order valence-corrected chi connectivity index (χ1v) is 7.62. The molecule has 0 aliphatic heterocycles. The summed E-state index contributed by atoms with van der Waals surface area (Å²) in [6, 6.07) is 14.2. The Morgan fingerprint density at radius 3 is 2.36 bits per heavy atom. The number of nitrogens with one attached hydrogen (secondary N) is 1. The second-order valence-electron chi connectivity index (χ2n) is 5.93. The Morgan fingerprint density at radius 2 is 1.73 bits per heavy atom. The number of hydrogen-bond donors (Lipinski definition) is 1. The number of anilines is 1. The second kappa shape index (κ2) is 7.08. The molecule has 114 valence electrons. The molecule has 0 saturated heterocycles. The Kier molecular flexibility index (Phi) is 5.16. The molecule has 0 atom stereocenters. The molecule has 0 fully saturated rings. The number of benzene rings is 2. The number of carbonyl (C=O) groups is 1. The molecule has 0 unspecified atom stereocenters. The van der Waals surface area contributed by atoms with Crippen molar-refractivity contribution in [2.45, 2.75) is 33.6 Å². The third-order valence-electron chi connectivity index (χ3n) is 3.68. The van der Waals surface area contributed by atoms with E-state index < -0.39 is 0 Å². The van der Waals surface area contributed by atoms with Gasteiger partial charge in [0.05, 0.1) is 0 Å². The smallest absolute Gasteiger partial charge is 0.248 e. The van der Waals surface area contributed by atoms with Crippen LogP contribution in [-0.4, -0.2) is 5.91 Å². The molecule has 0 aromatic heterocycles. The Balaban J connectivity index is 2.14. The maximum Gasteiger partial charge on any atom is 0.248 e. The van der Waals surface area contributed by atoms with Gasteiger partial charge in [-0.2, -0.15) is 0 Å². The van der Waals surface area contributed by atoms with E-state index in [1.54, 1.807) is 6.08 Å². The van der Waals surface area contributed by atoms with Crippen LogP contribution in [0.4, 0.5) is 5.69 Å². The fourth-order valence-electron chi connectivity index (χ4n) is 2.36. The second-order valence-corrected chi connectivity index (χ2v) is 5.93. The third kappa shape index (κ3) is 4.08. The van der Waals surface area contributed by atoms with E-state index >= 15 is 0 Å². The first-order valence-electron chi connectivity index (χ1n) is 7.62. The van der Waals surface area contributed by atoms with Gasteiger partial charge in [-0.1, -0.05) is 61.9 Å². The molecule has 2 aromatic rings. The fourth-order valence-corrected chi connectivity index (χ4v) is 2.36. The lowest BCUT2D eigenvalue weighted by atomic mass is 9.98. The molecular formula is C20H23NO. The molecule has 2 aromatic carbocycles. The van der Waals surface area contributed by atoms with E-state index in [4.69, 9.17) is 0 Å². The van der Waals surface area contributed by atoms with Gasteiger partial charge in [-0.3, -0.25) is 4.79 Å². The minimum atomic E-state index is -0.100. The van der Waals surface area contributed by atoms with E-state index in [-0.39, 0.29) is 5.91 Å². The minimum absolute atomic E-state index is 0.100. The summed E-state index contributed by atoms with van der Waals surface area (Å²) in [5.41, 5.74) is 5.41. The molecule has 22 heavy (non-hydrogen) atoms. The highest BCUT2D eigenvalue weighted by Crippen LogP contribution is 2.27. The molecule has 1 N–H and O–H groups in total. The monoisotopic (exact) mass is 293 g/mol. The molecule has 2 rings (SSSR count). The van der Waals surface area contributed by atoms with Gasteiger partial charge in [-0.25, -0.2) is 0 Å². The van der Waals surface area contributed by atoms with Gasteiger partial charge in [0.25, 0.3) is 0 Å². The SMILES string of the molecule is Cc1ccc(/C=C/C(=O)Nc2c(C)cccc2C(C)C)cc1. The van der Waals surface area contributed by atoms with Gasteiger partial charge >= 0.3 is 0 Å². The van der Waals surface area contributed by atoms with Crippen LogP contribution in [0.1, 0.15) is 42.0 Å². The van der Waals surface area contributed by atoms with Gasteiger partial charge < -0.3 is 5.32 Å². The standard InChI is InChI=1S/C20H23NO/c1-14(2)18-7-5-6-16(4)20(18)21-19(22)13-12-17-10-8-15(3)9-11-17/h5-14H,1-4H3,(H,21,22)/b13-12+. The summed E-state index contributed by atoms with van der Waals surface area (Å²) < 4.78 is 0. The Bertz CT molecular complexity index is 681. The normalized spacial score (nSPS) is 11.1. The molecule has 2 nitrogen and oxygen atoms in total. The molecule has 0 spiro atoms. The van der Waals surface area contributed by atoms with Crippen LogP contribution in [0.2, 0.25) is 0 Å². The van der Waals surface area contributed by atoms with Crippen molar-refractivity contribution >= 4 is 17.7 Å². The molecule has 0 aliphatic carbocycles. The molecule has 0 bridgehead atoms. The van der Waals surface area contributed by atoms with Crippen molar-refractivity contribution in [1.82, 2.24) is 0 Å². The number of aryl methyl sites for hydroxylation is 2. The van der Waals surface area contributed by atoms with Crippen LogP contribution in [-0.2, 0) is 4.79 Å².